The molecule has 1 aromatic heterocycles. The number of aryl methyl sites for hydroxylation is 1. The number of nitrogens with zero attached hydrogens (tertiary/aromatic N) is 2. The van der Waals surface area contributed by atoms with Crippen molar-refractivity contribution < 1.29 is 14.3 Å². The molecule has 0 bridgehead atoms. The number of esters is 1. The molecule has 19 heavy (non-hydrogen) atoms. The van der Waals surface area contributed by atoms with Crippen molar-refractivity contribution >= 4 is 29.3 Å². The molecule has 104 valence electrons. The summed E-state index contributed by atoms with van der Waals surface area (Å²) in [4.78, 5) is 28.6. The van der Waals surface area contributed by atoms with Crippen LogP contribution in [-0.4, -0.2) is 42.0 Å². The summed E-state index contributed by atoms with van der Waals surface area (Å²) in [6.45, 7) is 4.37. The molecule has 5 nitrogen and oxygen atoms in total. The van der Waals surface area contributed by atoms with Gasteiger partial charge in [-0.05, 0) is 19.9 Å². The first-order valence-electron chi connectivity index (χ1n) is 6.04. The predicted octanol–water partition coefficient (Wildman–Crippen LogP) is 1.88. The summed E-state index contributed by atoms with van der Waals surface area (Å²) >= 11 is 1.54. The Balaban J connectivity index is 2.40. The Bertz CT molecular complexity index is 468. The van der Waals surface area contributed by atoms with Crippen molar-refractivity contribution in [3.63, 3.8) is 0 Å². The molecular weight excluding hydrogens is 264 g/mol. The fraction of sp³-hybridized carbons (Fsp3) is 0.462. The SMILES string of the molecule is CCOC(=O)CCN(C)C(=O)C=Cc1csc(C)n1. The van der Waals surface area contributed by atoms with Crippen molar-refractivity contribution in [1.82, 2.24) is 9.88 Å². The van der Waals surface area contributed by atoms with E-state index >= 15 is 0 Å². The van der Waals surface area contributed by atoms with Gasteiger partial charge in [-0.3, -0.25) is 9.59 Å². The summed E-state index contributed by atoms with van der Waals surface area (Å²) < 4.78 is 4.80. The number of likely N-dealkylation sites (N-methyl/N-ethyl adjacent to an activating group) is 1. The zero-order valence-corrected chi connectivity index (χ0v) is 12.2. The smallest absolute Gasteiger partial charge is 0.307 e. The highest BCUT2D eigenvalue weighted by Crippen LogP contribution is 2.09. The van der Waals surface area contributed by atoms with E-state index < -0.39 is 0 Å². The van der Waals surface area contributed by atoms with E-state index in [1.165, 1.54) is 22.3 Å². The maximum Gasteiger partial charge on any atom is 0.307 e. The standard InChI is InChI=1S/C13H18N2O3S/c1-4-18-13(17)7-8-15(3)12(16)6-5-11-9-19-10(2)14-11/h5-6,9H,4,7-8H2,1-3H3. The lowest BCUT2D eigenvalue weighted by atomic mass is 10.3. The number of amides is 1. The van der Waals surface area contributed by atoms with Crippen molar-refractivity contribution in [3.05, 3.63) is 22.2 Å². The van der Waals surface area contributed by atoms with Gasteiger partial charge in [0.2, 0.25) is 5.91 Å². The van der Waals surface area contributed by atoms with Gasteiger partial charge < -0.3 is 9.64 Å². The van der Waals surface area contributed by atoms with Gasteiger partial charge in [0.15, 0.2) is 0 Å². The second kappa shape index (κ2) is 7.68. The maximum absolute atomic E-state index is 11.8. The van der Waals surface area contributed by atoms with Gasteiger partial charge in [0, 0.05) is 25.0 Å². The lowest BCUT2D eigenvalue weighted by Gasteiger charge is -2.14. The highest BCUT2D eigenvalue weighted by molar-refractivity contribution is 7.09. The average molecular weight is 282 g/mol. The third-order valence-electron chi connectivity index (χ3n) is 2.37. The van der Waals surface area contributed by atoms with Crippen molar-refractivity contribution in [2.45, 2.75) is 20.3 Å². The third kappa shape index (κ3) is 5.65. The average Bonchev–Trinajstić information content (AvgIpc) is 2.79. The molecule has 0 fully saturated rings. The fourth-order valence-corrected chi connectivity index (χ4v) is 1.92. The Kier molecular flexibility index (Phi) is 6.21. The van der Waals surface area contributed by atoms with Crippen LogP contribution in [0.4, 0.5) is 0 Å². The summed E-state index contributed by atoms with van der Waals surface area (Å²) in [5, 5.41) is 2.85. The number of hydrogen-bond acceptors (Lipinski definition) is 5. The second-order valence-electron chi connectivity index (χ2n) is 3.94. The molecule has 0 aliphatic rings. The molecule has 1 heterocycles. The highest BCUT2D eigenvalue weighted by Gasteiger charge is 2.08. The van der Waals surface area contributed by atoms with Gasteiger partial charge in [0.05, 0.1) is 23.7 Å². The van der Waals surface area contributed by atoms with Gasteiger partial charge >= 0.3 is 5.97 Å². The van der Waals surface area contributed by atoms with E-state index in [4.69, 9.17) is 4.74 Å². The third-order valence-corrected chi connectivity index (χ3v) is 3.16. The largest absolute Gasteiger partial charge is 0.466 e. The zero-order chi connectivity index (χ0) is 14.3. The molecule has 0 saturated heterocycles. The van der Waals surface area contributed by atoms with Crippen LogP contribution in [0.5, 0.6) is 0 Å². The molecule has 1 aromatic rings. The van der Waals surface area contributed by atoms with Crippen LogP contribution in [0.25, 0.3) is 6.08 Å². The monoisotopic (exact) mass is 282 g/mol. The first-order chi connectivity index (χ1) is 9.02. The molecule has 0 aliphatic heterocycles. The van der Waals surface area contributed by atoms with E-state index in [2.05, 4.69) is 4.98 Å². The fourth-order valence-electron chi connectivity index (χ4n) is 1.34. The van der Waals surface area contributed by atoms with Gasteiger partial charge in [-0.2, -0.15) is 0 Å². The molecular formula is C13H18N2O3S. The van der Waals surface area contributed by atoms with Gasteiger partial charge in [-0.15, -0.1) is 11.3 Å². The quantitative estimate of drug-likeness (QED) is 0.590. The first-order valence-corrected chi connectivity index (χ1v) is 6.91. The van der Waals surface area contributed by atoms with Crippen LogP contribution in [0.15, 0.2) is 11.5 Å². The summed E-state index contributed by atoms with van der Waals surface area (Å²) in [6, 6.07) is 0. The summed E-state index contributed by atoms with van der Waals surface area (Å²) in [7, 11) is 1.65. The van der Waals surface area contributed by atoms with Crippen molar-refractivity contribution in [2.75, 3.05) is 20.2 Å². The number of carbonyl (C=O) groups is 2. The molecule has 0 spiro atoms. The molecule has 6 heteroatoms. The van der Waals surface area contributed by atoms with Crippen LogP contribution in [0.3, 0.4) is 0 Å². The van der Waals surface area contributed by atoms with Crippen molar-refractivity contribution in [3.8, 4) is 0 Å². The van der Waals surface area contributed by atoms with Gasteiger partial charge in [-0.1, -0.05) is 0 Å². The van der Waals surface area contributed by atoms with Crippen LogP contribution < -0.4 is 0 Å². The van der Waals surface area contributed by atoms with Crippen LogP contribution >= 0.6 is 11.3 Å². The minimum atomic E-state index is -0.291. The lowest BCUT2D eigenvalue weighted by Crippen LogP contribution is -2.27. The second-order valence-corrected chi connectivity index (χ2v) is 5.00. The number of hydrogen-bond donors (Lipinski definition) is 0. The van der Waals surface area contributed by atoms with Crippen LogP contribution in [0, 0.1) is 6.92 Å². The number of rotatable bonds is 6. The molecule has 0 aliphatic carbocycles. The van der Waals surface area contributed by atoms with Gasteiger partial charge in [0.25, 0.3) is 0 Å². The van der Waals surface area contributed by atoms with Gasteiger partial charge in [0.1, 0.15) is 0 Å². The Labute approximate surface area is 116 Å². The molecule has 0 radical (unpaired) electrons. The van der Waals surface area contributed by atoms with Crippen LogP contribution in [0.2, 0.25) is 0 Å². The summed E-state index contributed by atoms with van der Waals surface area (Å²) in [6.07, 6.45) is 3.34. The number of aromatic nitrogens is 1. The maximum atomic E-state index is 11.8. The zero-order valence-electron chi connectivity index (χ0n) is 11.4. The number of ether oxygens (including phenoxy) is 1. The van der Waals surface area contributed by atoms with E-state index in [-0.39, 0.29) is 18.3 Å². The van der Waals surface area contributed by atoms with E-state index in [9.17, 15) is 9.59 Å². The van der Waals surface area contributed by atoms with E-state index in [0.717, 1.165) is 10.7 Å². The van der Waals surface area contributed by atoms with Crippen LogP contribution in [-0.2, 0) is 14.3 Å². The predicted molar refractivity (Wildman–Crippen MR) is 74.8 cm³/mol. The molecule has 1 amide bonds. The highest BCUT2D eigenvalue weighted by atomic mass is 32.1. The normalized spacial score (nSPS) is 10.7. The Morgan fingerprint density at radius 1 is 1.53 bits per heavy atom. The lowest BCUT2D eigenvalue weighted by molar-refractivity contribution is -0.143. The van der Waals surface area contributed by atoms with Gasteiger partial charge in [-0.25, -0.2) is 4.98 Å². The van der Waals surface area contributed by atoms with E-state index in [1.807, 2.05) is 12.3 Å². The Hall–Kier alpha value is -1.69. The number of carbonyl (C=O) groups excluding carboxylic acids is 2. The molecule has 0 atom stereocenters. The van der Waals surface area contributed by atoms with E-state index in [1.54, 1.807) is 20.0 Å². The van der Waals surface area contributed by atoms with Crippen molar-refractivity contribution in [1.29, 1.82) is 0 Å². The minimum absolute atomic E-state index is 0.157. The topological polar surface area (TPSA) is 59.5 Å². The molecule has 1 rings (SSSR count). The molecule has 0 unspecified atom stereocenters. The molecule has 0 N–H and O–H groups in total. The minimum Gasteiger partial charge on any atom is -0.466 e. The number of thiazole rings is 1. The van der Waals surface area contributed by atoms with Crippen LogP contribution in [0.1, 0.15) is 24.0 Å². The summed E-state index contributed by atoms with van der Waals surface area (Å²) in [5.41, 5.74) is 0.773. The first kappa shape index (κ1) is 15.4. The molecule has 0 saturated carbocycles. The Morgan fingerprint density at radius 2 is 2.26 bits per heavy atom. The Morgan fingerprint density at radius 3 is 2.84 bits per heavy atom. The molecule has 0 aromatic carbocycles. The summed E-state index contributed by atoms with van der Waals surface area (Å²) in [5.74, 6) is -0.448. The van der Waals surface area contributed by atoms with E-state index in [0.29, 0.717) is 13.2 Å². The van der Waals surface area contributed by atoms with Crippen molar-refractivity contribution in [2.24, 2.45) is 0 Å².